The molecule has 0 radical (unpaired) electrons. The summed E-state index contributed by atoms with van der Waals surface area (Å²) in [5.74, 6) is -0.761. The van der Waals surface area contributed by atoms with E-state index in [1.807, 2.05) is 6.92 Å². The number of rotatable bonds is 9. The average molecular weight is 226 g/mol. The lowest BCUT2D eigenvalue weighted by molar-refractivity contribution is -0.132. The van der Waals surface area contributed by atoms with Crippen LogP contribution in [0.3, 0.4) is 0 Å². The normalized spacial score (nSPS) is 12.4. The molecule has 2 heteroatoms. The lowest BCUT2D eigenvalue weighted by Crippen LogP contribution is -2.01. The Labute approximate surface area is 99.7 Å². The molecule has 0 amide bonds. The summed E-state index contributed by atoms with van der Waals surface area (Å²) in [6.45, 7) is 5.98. The van der Waals surface area contributed by atoms with Gasteiger partial charge in [0.15, 0.2) is 0 Å². The van der Waals surface area contributed by atoms with Gasteiger partial charge in [-0.25, -0.2) is 4.79 Å². The Hall–Kier alpha value is -0.790. The van der Waals surface area contributed by atoms with E-state index in [1.165, 1.54) is 32.1 Å². The maximum absolute atomic E-state index is 10.8. The Bertz CT molecular complexity index is 229. The van der Waals surface area contributed by atoms with Crippen molar-refractivity contribution in [1.82, 2.24) is 0 Å². The second kappa shape index (κ2) is 9.44. The van der Waals surface area contributed by atoms with Crippen LogP contribution in [0.2, 0.25) is 0 Å². The van der Waals surface area contributed by atoms with Crippen LogP contribution in [0.4, 0.5) is 0 Å². The molecule has 0 heterocycles. The summed E-state index contributed by atoms with van der Waals surface area (Å²) in [5, 5.41) is 8.90. The van der Waals surface area contributed by atoms with Crippen LogP contribution in [0.25, 0.3) is 0 Å². The van der Waals surface area contributed by atoms with Gasteiger partial charge in [0.25, 0.3) is 0 Å². The molecular weight excluding hydrogens is 200 g/mol. The van der Waals surface area contributed by atoms with Gasteiger partial charge in [0.05, 0.1) is 0 Å². The summed E-state index contributed by atoms with van der Waals surface area (Å²) in [6.07, 6.45) is 9.40. The van der Waals surface area contributed by atoms with Gasteiger partial charge in [-0.15, -0.1) is 0 Å². The summed E-state index contributed by atoms with van der Waals surface area (Å²) in [6, 6.07) is 0. The number of hydrogen-bond donors (Lipinski definition) is 1. The van der Waals surface area contributed by atoms with Gasteiger partial charge in [-0.3, -0.25) is 0 Å². The lowest BCUT2D eigenvalue weighted by atomic mass is 9.99. The number of hydrogen-bond acceptors (Lipinski definition) is 1. The predicted molar refractivity (Wildman–Crippen MR) is 68.6 cm³/mol. The average Bonchev–Trinajstić information content (AvgIpc) is 2.27. The highest BCUT2D eigenvalue weighted by molar-refractivity contribution is 5.86. The highest BCUT2D eigenvalue weighted by Crippen LogP contribution is 2.18. The summed E-state index contributed by atoms with van der Waals surface area (Å²) >= 11 is 0. The molecule has 0 rings (SSSR count). The molecule has 16 heavy (non-hydrogen) atoms. The third-order valence-electron chi connectivity index (χ3n) is 3.11. The van der Waals surface area contributed by atoms with Crippen molar-refractivity contribution in [3.05, 3.63) is 11.1 Å². The fourth-order valence-electron chi connectivity index (χ4n) is 1.90. The Kier molecular flexibility index (Phi) is 8.97. The molecule has 1 N–H and O–H groups in total. The van der Waals surface area contributed by atoms with Gasteiger partial charge < -0.3 is 5.11 Å². The Morgan fingerprint density at radius 2 is 1.56 bits per heavy atom. The largest absolute Gasteiger partial charge is 0.478 e. The monoisotopic (exact) mass is 226 g/mol. The van der Waals surface area contributed by atoms with Crippen molar-refractivity contribution in [1.29, 1.82) is 0 Å². The molecule has 0 saturated carbocycles. The Morgan fingerprint density at radius 1 is 1.00 bits per heavy atom. The molecule has 0 aromatic carbocycles. The maximum atomic E-state index is 10.8. The molecule has 0 aliphatic heterocycles. The second-order valence-corrected chi connectivity index (χ2v) is 4.41. The smallest absolute Gasteiger partial charge is 0.331 e. The van der Waals surface area contributed by atoms with Crippen LogP contribution < -0.4 is 0 Å². The van der Waals surface area contributed by atoms with Gasteiger partial charge in [-0.1, -0.05) is 51.5 Å². The van der Waals surface area contributed by atoms with Crippen LogP contribution in [0.1, 0.15) is 72.1 Å². The Balaban J connectivity index is 3.80. The van der Waals surface area contributed by atoms with Crippen LogP contribution in [-0.2, 0) is 4.79 Å². The third-order valence-corrected chi connectivity index (χ3v) is 3.11. The maximum Gasteiger partial charge on any atom is 0.331 e. The predicted octanol–water partition coefficient (Wildman–Crippen LogP) is 4.55. The van der Waals surface area contributed by atoms with E-state index >= 15 is 0 Å². The summed E-state index contributed by atoms with van der Waals surface area (Å²) in [4.78, 5) is 10.8. The quantitative estimate of drug-likeness (QED) is 0.462. The van der Waals surface area contributed by atoms with Gasteiger partial charge >= 0.3 is 5.97 Å². The van der Waals surface area contributed by atoms with E-state index in [4.69, 9.17) is 5.11 Å². The second-order valence-electron chi connectivity index (χ2n) is 4.41. The van der Waals surface area contributed by atoms with Crippen molar-refractivity contribution in [2.24, 2.45) is 0 Å². The van der Waals surface area contributed by atoms with Crippen molar-refractivity contribution < 1.29 is 9.90 Å². The van der Waals surface area contributed by atoms with E-state index in [2.05, 4.69) is 6.92 Å². The molecule has 0 spiro atoms. The van der Waals surface area contributed by atoms with Crippen molar-refractivity contribution in [3.8, 4) is 0 Å². The first kappa shape index (κ1) is 15.2. The molecule has 0 bridgehead atoms. The third kappa shape index (κ3) is 6.65. The van der Waals surface area contributed by atoms with Crippen molar-refractivity contribution >= 4 is 5.97 Å². The topological polar surface area (TPSA) is 37.3 Å². The van der Waals surface area contributed by atoms with Gasteiger partial charge in [0, 0.05) is 5.57 Å². The van der Waals surface area contributed by atoms with E-state index in [9.17, 15) is 4.79 Å². The first-order valence-electron chi connectivity index (χ1n) is 6.55. The minimum absolute atomic E-state index is 0.552. The lowest BCUT2D eigenvalue weighted by Gasteiger charge is -2.07. The summed E-state index contributed by atoms with van der Waals surface area (Å²) in [7, 11) is 0. The minimum atomic E-state index is -0.761. The molecule has 0 atom stereocenters. The zero-order valence-electron chi connectivity index (χ0n) is 11.0. The number of aliphatic carboxylic acids is 1. The first-order valence-corrected chi connectivity index (χ1v) is 6.55. The Morgan fingerprint density at radius 3 is 2.06 bits per heavy atom. The molecule has 0 aromatic rings. The number of unbranched alkanes of at least 4 members (excludes halogenated alkanes) is 5. The zero-order valence-corrected chi connectivity index (χ0v) is 11.0. The number of allylic oxidation sites excluding steroid dienone is 1. The fourth-order valence-corrected chi connectivity index (χ4v) is 1.90. The van der Waals surface area contributed by atoms with Gasteiger partial charge in [-0.2, -0.15) is 0 Å². The first-order chi connectivity index (χ1) is 7.63. The number of carboxylic acid groups (broad SMARTS) is 1. The van der Waals surface area contributed by atoms with E-state index in [0.717, 1.165) is 24.8 Å². The summed E-state index contributed by atoms with van der Waals surface area (Å²) in [5.41, 5.74) is 1.67. The summed E-state index contributed by atoms with van der Waals surface area (Å²) < 4.78 is 0. The SMILES string of the molecule is CCCCCCCCC(CC)=C(C)C(=O)O. The molecule has 94 valence electrons. The molecule has 0 fully saturated rings. The molecular formula is C14H26O2. The van der Waals surface area contributed by atoms with Crippen LogP contribution in [0.5, 0.6) is 0 Å². The van der Waals surface area contributed by atoms with E-state index in [1.54, 1.807) is 6.92 Å². The molecule has 0 aliphatic carbocycles. The highest BCUT2D eigenvalue weighted by atomic mass is 16.4. The van der Waals surface area contributed by atoms with E-state index in [-0.39, 0.29) is 0 Å². The highest BCUT2D eigenvalue weighted by Gasteiger charge is 2.06. The molecule has 0 saturated heterocycles. The van der Waals surface area contributed by atoms with Crippen LogP contribution >= 0.6 is 0 Å². The standard InChI is InChI=1S/C14H26O2/c1-4-6-7-8-9-10-11-13(5-2)12(3)14(15)16/h4-11H2,1-3H3,(H,15,16). The minimum Gasteiger partial charge on any atom is -0.478 e. The van der Waals surface area contributed by atoms with E-state index in [0.29, 0.717) is 5.57 Å². The molecule has 0 aromatic heterocycles. The molecule has 0 unspecified atom stereocenters. The van der Waals surface area contributed by atoms with Gasteiger partial charge in [-0.05, 0) is 26.2 Å². The molecule has 0 aliphatic rings. The van der Waals surface area contributed by atoms with Crippen molar-refractivity contribution in [2.75, 3.05) is 0 Å². The van der Waals surface area contributed by atoms with E-state index < -0.39 is 5.97 Å². The van der Waals surface area contributed by atoms with Gasteiger partial charge in [0.1, 0.15) is 0 Å². The van der Waals surface area contributed by atoms with Crippen molar-refractivity contribution in [2.45, 2.75) is 72.1 Å². The van der Waals surface area contributed by atoms with Gasteiger partial charge in [0.2, 0.25) is 0 Å². The number of carboxylic acids is 1. The van der Waals surface area contributed by atoms with Crippen LogP contribution in [-0.4, -0.2) is 11.1 Å². The van der Waals surface area contributed by atoms with Crippen molar-refractivity contribution in [3.63, 3.8) is 0 Å². The molecule has 2 nitrogen and oxygen atoms in total. The van der Waals surface area contributed by atoms with Crippen LogP contribution in [0.15, 0.2) is 11.1 Å². The van der Waals surface area contributed by atoms with Crippen LogP contribution in [0, 0.1) is 0 Å². The number of carbonyl (C=O) groups is 1. The zero-order chi connectivity index (χ0) is 12.4. The fraction of sp³-hybridized carbons (Fsp3) is 0.786.